The predicted molar refractivity (Wildman–Crippen MR) is 93.7 cm³/mol. The van der Waals surface area contributed by atoms with Gasteiger partial charge in [0.05, 0.1) is 0 Å². The molecule has 0 radical (unpaired) electrons. The van der Waals surface area contributed by atoms with E-state index in [0.717, 1.165) is 38.9 Å². The molecule has 2 unspecified atom stereocenters. The van der Waals surface area contributed by atoms with E-state index in [1.807, 2.05) is 0 Å². The van der Waals surface area contributed by atoms with Crippen molar-refractivity contribution in [1.29, 1.82) is 0 Å². The van der Waals surface area contributed by atoms with Gasteiger partial charge in [-0.25, -0.2) is 0 Å². The second-order valence-electron chi connectivity index (χ2n) is 5.01. The molecule has 116 valence electrons. The van der Waals surface area contributed by atoms with Gasteiger partial charge in [0.25, 0.3) is 0 Å². The van der Waals surface area contributed by atoms with Crippen molar-refractivity contribution in [2.75, 3.05) is 19.6 Å². The highest BCUT2D eigenvalue weighted by Crippen LogP contribution is 2.11. The molecule has 1 aromatic rings. The Balaban J connectivity index is 0.00000361. The van der Waals surface area contributed by atoms with Crippen LogP contribution in [0.3, 0.4) is 0 Å². The zero-order valence-electron chi connectivity index (χ0n) is 12.4. The van der Waals surface area contributed by atoms with E-state index in [-0.39, 0.29) is 23.2 Å². The van der Waals surface area contributed by atoms with Crippen molar-refractivity contribution in [2.45, 2.75) is 43.9 Å². The summed E-state index contributed by atoms with van der Waals surface area (Å²) in [6, 6.07) is 10.6. The second-order valence-corrected chi connectivity index (χ2v) is 6.24. The molecule has 0 heterocycles. The normalized spacial score (nSPS) is 13.8. The summed E-state index contributed by atoms with van der Waals surface area (Å²) in [5, 5.41) is 0.438. The summed E-state index contributed by atoms with van der Waals surface area (Å²) < 4.78 is 0. The van der Waals surface area contributed by atoms with Gasteiger partial charge >= 0.3 is 0 Å². The molecule has 0 spiro atoms. The van der Waals surface area contributed by atoms with Crippen LogP contribution >= 0.6 is 35.6 Å². The van der Waals surface area contributed by atoms with Gasteiger partial charge in [0.15, 0.2) is 0 Å². The van der Waals surface area contributed by atoms with Crippen molar-refractivity contribution in [3.63, 3.8) is 0 Å². The summed E-state index contributed by atoms with van der Waals surface area (Å²) in [6.45, 7) is 7.13. The summed E-state index contributed by atoms with van der Waals surface area (Å²) in [5.74, 6) is 0. The Bertz CT molecular complexity index is 320. The van der Waals surface area contributed by atoms with Gasteiger partial charge in [-0.05, 0) is 24.8 Å². The summed E-state index contributed by atoms with van der Waals surface area (Å²) >= 11 is 12.6. The van der Waals surface area contributed by atoms with E-state index in [1.54, 1.807) is 0 Å². The van der Waals surface area contributed by atoms with Gasteiger partial charge in [0.1, 0.15) is 0 Å². The zero-order chi connectivity index (χ0) is 14.1. The first-order valence-corrected chi connectivity index (χ1v) is 8.07. The van der Waals surface area contributed by atoms with Crippen LogP contribution in [0.2, 0.25) is 0 Å². The number of nitrogens with zero attached hydrogens (tertiary/aromatic N) is 1. The van der Waals surface area contributed by atoms with Crippen LogP contribution in [-0.4, -0.2) is 35.3 Å². The van der Waals surface area contributed by atoms with E-state index < -0.39 is 0 Å². The molecular weight excluding hydrogens is 313 g/mol. The van der Waals surface area contributed by atoms with E-state index in [0.29, 0.717) is 0 Å². The number of rotatable bonds is 9. The average molecular weight is 339 g/mol. The highest BCUT2D eigenvalue weighted by atomic mass is 35.5. The Kier molecular flexibility index (Phi) is 11.7. The SMILES string of the molecule is CCC(Cl)CN(CCc1ccccc1)CC(Cl)CC.Cl. The minimum atomic E-state index is 0. The van der Waals surface area contributed by atoms with Crippen molar-refractivity contribution in [2.24, 2.45) is 0 Å². The molecule has 0 fully saturated rings. The maximum absolute atomic E-state index is 6.28. The largest absolute Gasteiger partial charge is 0.300 e. The van der Waals surface area contributed by atoms with Crippen LogP contribution in [0.1, 0.15) is 32.3 Å². The lowest BCUT2D eigenvalue weighted by Crippen LogP contribution is -2.36. The van der Waals surface area contributed by atoms with Gasteiger partial charge in [0, 0.05) is 30.4 Å². The number of halogens is 3. The third-order valence-electron chi connectivity index (χ3n) is 3.36. The summed E-state index contributed by atoms with van der Waals surface area (Å²) in [6.07, 6.45) is 3.06. The molecule has 1 rings (SSSR count). The Hall–Kier alpha value is 0.0500. The van der Waals surface area contributed by atoms with Crippen molar-refractivity contribution in [3.05, 3.63) is 35.9 Å². The van der Waals surface area contributed by atoms with Crippen LogP contribution < -0.4 is 0 Å². The molecule has 1 aromatic carbocycles. The Morgan fingerprint density at radius 1 is 0.950 bits per heavy atom. The van der Waals surface area contributed by atoms with Gasteiger partial charge in [0.2, 0.25) is 0 Å². The lowest BCUT2D eigenvalue weighted by molar-refractivity contribution is 0.273. The quantitative estimate of drug-likeness (QED) is 0.573. The monoisotopic (exact) mass is 337 g/mol. The minimum absolute atomic E-state index is 0. The van der Waals surface area contributed by atoms with Gasteiger partial charge in [-0.2, -0.15) is 0 Å². The smallest absolute Gasteiger partial charge is 0.0460 e. The van der Waals surface area contributed by atoms with Gasteiger partial charge < -0.3 is 4.90 Å². The number of alkyl halides is 2. The highest BCUT2D eigenvalue weighted by molar-refractivity contribution is 6.21. The van der Waals surface area contributed by atoms with E-state index in [9.17, 15) is 0 Å². The fourth-order valence-corrected chi connectivity index (χ4v) is 2.40. The average Bonchev–Trinajstić information content (AvgIpc) is 2.45. The summed E-state index contributed by atoms with van der Waals surface area (Å²) in [5.41, 5.74) is 1.37. The van der Waals surface area contributed by atoms with Crippen LogP contribution in [0.15, 0.2) is 30.3 Å². The molecule has 0 aliphatic carbocycles. The maximum Gasteiger partial charge on any atom is 0.0460 e. The fraction of sp³-hybridized carbons (Fsp3) is 0.625. The first-order chi connectivity index (χ1) is 9.15. The van der Waals surface area contributed by atoms with Crippen molar-refractivity contribution < 1.29 is 0 Å². The number of benzene rings is 1. The number of hydrogen-bond donors (Lipinski definition) is 0. The molecule has 0 aliphatic rings. The molecule has 2 atom stereocenters. The molecular formula is C16H26Cl3N. The van der Waals surface area contributed by atoms with Gasteiger partial charge in [-0.3, -0.25) is 0 Å². The van der Waals surface area contributed by atoms with E-state index in [1.165, 1.54) is 5.56 Å². The van der Waals surface area contributed by atoms with Gasteiger partial charge in [-0.1, -0.05) is 44.2 Å². The first-order valence-electron chi connectivity index (χ1n) is 7.20. The lowest BCUT2D eigenvalue weighted by Gasteiger charge is -2.26. The number of hydrogen-bond acceptors (Lipinski definition) is 1. The first kappa shape index (κ1) is 20.1. The predicted octanol–water partition coefficient (Wildman–Crippen LogP) is 4.99. The molecule has 20 heavy (non-hydrogen) atoms. The van der Waals surface area contributed by atoms with Crippen molar-refractivity contribution in [1.82, 2.24) is 4.90 Å². The van der Waals surface area contributed by atoms with E-state index in [4.69, 9.17) is 23.2 Å². The van der Waals surface area contributed by atoms with Crippen molar-refractivity contribution in [3.8, 4) is 0 Å². The maximum atomic E-state index is 6.28. The van der Waals surface area contributed by atoms with Crippen LogP contribution in [0.4, 0.5) is 0 Å². The summed E-state index contributed by atoms with van der Waals surface area (Å²) in [7, 11) is 0. The molecule has 0 saturated heterocycles. The van der Waals surface area contributed by atoms with Crippen LogP contribution in [-0.2, 0) is 6.42 Å². The standard InChI is InChI=1S/C16H25Cl2N.ClH/c1-3-15(17)12-19(13-16(18)4-2)11-10-14-8-6-5-7-9-14;/h5-9,15-16H,3-4,10-13H2,1-2H3;1H. The molecule has 0 N–H and O–H groups in total. The van der Waals surface area contributed by atoms with E-state index in [2.05, 4.69) is 49.1 Å². The fourth-order valence-electron chi connectivity index (χ4n) is 2.01. The topological polar surface area (TPSA) is 3.24 Å². The van der Waals surface area contributed by atoms with Crippen LogP contribution in [0.5, 0.6) is 0 Å². The third-order valence-corrected chi connectivity index (χ3v) is 4.25. The molecule has 0 aromatic heterocycles. The Morgan fingerprint density at radius 3 is 1.90 bits per heavy atom. The van der Waals surface area contributed by atoms with Crippen LogP contribution in [0.25, 0.3) is 0 Å². The highest BCUT2D eigenvalue weighted by Gasteiger charge is 2.14. The lowest BCUT2D eigenvalue weighted by atomic mass is 10.1. The van der Waals surface area contributed by atoms with Crippen molar-refractivity contribution >= 4 is 35.6 Å². The third kappa shape index (κ3) is 8.36. The molecule has 0 amide bonds. The second kappa shape index (κ2) is 11.7. The van der Waals surface area contributed by atoms with E-state index >= 15 is 0 Å². The zero-order valence-corrected chi connectivity index (χ0v) is 14.7. The molecule has 0 bridgehead atoms. The minimum Gasteiger partial charge on any atom is -0.300 e. The molecule has 0 aliphatic heterocycles. The molecule has 4 heteroatoms. The Morgan fingerprint density at radius 2 is 1.45 bits per heavy atom. The van der Waals surface area contributed by atoms with Gasteiger partial charge in [-0.15, -0.1) is 35.6 Å². The summed E-state index contributed by atoms with van der Waals surface area (Å²) in [4.78, 5) is 2.40. The molecule has 0 saturated carbocycles. The molecule has 1 nitrogen and oxygen atoms in total. The Labute approximate surface area is 140 Å². The van der Waals surface area contributed by atoms with Crippen LogP contribution in [0, 0.1) is 0 Å².